The van der Waals surface area contributed by atoms with E-state index in [1.807, 2.05) is 0 Å². The summed E-state index contributed by atoms with van der Waals surface area (Å²) < 4.78 is 0. The van der Waals surface area contributed by atoms with Gasteiger partial charge < -0.3 is 5.73 Å². The summed E-state index contributed by atoms with van der Waals surface area (Å²) in [6.07, 6.45) is 2.22. The molecule has 2 N–H and O–H groups in total. The molecule has 0 saturated carbocycles. The number of hydrogen-bond donors (Lipinski definition) is 1. The van der Waals surface area contributed by atoms with Crippen molar-refractivity contribution < 1.29 is 1.43 Å². The molecule has 0 saturated heterocycles. The highest BCUT2D eigenvalue weighted by atomic mass is 14.6. The molecule has 0 fully saturated rings. The standard InChI is InChI=1S/C5H13N.H2/c1-3-5(6)4-2;/h5H,3-4,6H2,1-2H3;1H. The van der Waals surface area contributed by atoms with E-state index in [0.717, 1.165) is 12.8 Å². The van der Waals surface area contributed by atoms with Crippen molar-refractivity contribution in [2.45, 2.75) is 32.7 Å². The summed E-state index contributed by atoms with van der Waals surface area (Å²) in [5, 5.41) is 0. The van der Waals surface area contributed by atoms with E-state index in [-0.39, 0.29) is 1.43 Å². The molecule has 0 aromatic carbocycles. The second kappa shape index (κ2) is 3.16. The Labute approximate surface area is 41.0 Å². The minimum absolute atomic E-state index is 0. The first-order chi connectivity index (χ1) is 2.81. The topological polar surface area (TPSA) is 26.0 Å². The lowest BCUT2D eigenvalue weighted by Crippen LogP contribution is -2.16. The van der Waals surface area contributed by atoms with E-state index in [9.17, 15) is 0 Å². The fraction of sp³-hybridized carbons (Fsp3) is 1.00. The Hall–Kier alpha value is -0.0400. The van der Waals surface area contributed by atoms with Gasteiger partial charge in [-0.25, -0.2) is 0 Å². The maximum atomic E-state index is 5.47. The molecule has 0 aromatic rings. The van der Waals surface area contributed by atoms with E-state index < -0.39 is 0 Å². The summed E-state index contributed by atoms with van der Waals surface area (Å²) in [7, 11) is 0. The molecule has 0 radical (unpaired) electrons. The second-order valence-electron chi connectivity index (χ2n) is 1.58. The average Bonchev–Trinajstić information content (AvgIpc) is 1.65. The Bertz CT molecular complexity index is 27.3. The van der Waals surface area contributed by atoms with E-state index in [1.165, 1.54) is 0 Å². The molecular formula is C5H15N. The Morgan fingerprint density at radius 2 is 1.83 bits per heavy atom. The van der Waals surface area contributed by atoms with Crippen LogP contribution in [-0.4, -0.2) is 6.04 Å². The smallest absolute Gasteiger partial charge is 0.00335 e. The minimum Gasteiger partial charge on any atom is -0.328 e. The van der Waals surface area contributed by atoms with Gasteiger partial charge in [0.1, 0.15) is 0 Å². The Kier molecular flexibility index (Phi) is 3.14. The van der Waals surface area contributed by atoms with Crippen LogP contribution in [0.15, 0.2) is 0 Å². The van der Waals surface area contributed by atoms with Crippen LogP contribution >= 0.6 is 0 Å². The average molecular weight is 89.2 g/mol. The zero-order chi connectivity index (χ0) is 4.99. The van der Waals surface area contributed by atoms with Crippen LogP contribution in [0.3, 0.4) is 0 Å². The first-order valence-electron chi connectivity index (χ1n) is 2.56. The summed E-state index contributed by atoms with van der Waals surface area (Å²) in [5.74, 6) is 0. The van der Waals surface area contributed by atoms with Crippen molar-refractivity contribution in [1.82, 2.24) is 0 Å². The van der Waals surface area contributed by atoms with Crippen molar-refractivity contribution in [3.63, 3.8) is 0 Å². The van der Waals surface area contributed by atoms with Crippen LogP contribution in [0, 0.1) is 0 Å². The van der Waals surface area contributed by atoms with Gasteiger partial charge in [-0.2, -0.15) is 0 Å². The molecule has 1 heteroatoms. The van der Waals surface area contributed by atoms with Crippen LogP contribution in [0.4, 0.5) is 0 Å². The van der Waals surface area contributed by atoms with E-state index >= 15 is 0 Å². The fourth-order valence-electron chi connectivity index (χ4n) is 0.289. The van der Waals surface area contributed by atoms with Crippen molar-refractivity contribution in [1.29, 1.82) is 0 Å². The normalized spacial score (nSPS) is 10.0. The SMILES string of the molecule is CCC(N)CC.[HH]. The predicted molar refractivity (Wildman–Crippen MR) is 30.7 cm³/mol. The third-order valence-electron chi connectivity index (χ3n) is 1.05. The molecule has 40 valence electrons. The zero-order valence-corrected chi connectivity index (χ0v) is 4.57. The van der Waals surface area contributed by atoms with Gasteiger partial charge in [0.05, 0.1) is 0 Å². The summed E-state index contributed by atoms with van der Waals surface area (Å²) in [5.41, 5.74) is 5.47. The first kappa shape index (κ1) is 5.96. The highest BCUT2D eigenvalue weighted by Crippen LogP contribution is 1.88. The van der Waals surface area contributed by atoms with E-state index in [2.05, 4.69) is 13.8 Å². The molecule has 0 unspecified atom stereocenters. The van der Waals surface area contributed by atoms with Gasteiger partial charge in [-0.1, -0.05) is 13.8 Å². The summed E-state index contributed by atoms with van der Waals surface area (Å²) in [4.78, 5) is 0. The molecule has 0 heterocycles. The van der Waals surface area contributed by atoms with Gasteiger partial charge in [0, 0.05) is 7.47 Å². The van der Waals surface area contributed by atoms with Gasteiger partial charge in [0.2, 0.25) is 0 Å². The van der Waals surface area contributed by atoms with Crippen LogP contribution in [0.25, 0.3) is 0 Å². The third kappa shape index (κ3) is 2.21. The highest BCUT2D eigenvalue weighted by molar-refractivity contribution is 4.51. The van der Waals surface area contributed by atoms with Crippen molar-refractivity contribution in [3.8, 4) is 0 Å². The molecule has 0 atom stereocenters. The molecule has 0 bridgehead atoms. The molecule has 0 spiro atoms. The molecule has 6 heavy (non-hydrogen) atoms. The van der Waals surface area contributed by atoms with Crippen molar-refractivity contribution >= 4 is 0 Å². The van der Waals surface area contributed by atoms with Crippen LogP contribution in [0.1, 0.15) is 28.1 Å². The summed E-state index contributed by atoms with van der Waals surface area (Å²) >= 11 is 0. The molecule has 0 aliphatic carbocycles. The Balaban J connectivity index is 0. The molecule has 1 nitrogen and oxygen atoms in total. The van der Waals surface area contributed by atoms with Crippen molar-refractivity contribution in [2.75, 3.05) is 0 Å². The van der Waals surface area contributed by atoms with E-state index in [1.54, 1.807) is 0 Å². The van der Waals surface area contributed by atoms with Gasteiger partial charge in [0.25, 0.3) is 0 Å². The van der Waals surface area contributed by atoms with Crippen molar-refractivity contribution in [2.24, 2.45) is 5.73 Å². The Morgan fingerprint density at radius 3 is 1.83 bits per heavy atom. The van der Waals surface area contributed by atoms with Crippen LogP contribution in [0.2, 0.25) is 0 Å². The van der Waals surface area contributed by atoms with Gasteiger partial charge in [-0.3, -0.25) is 0 Å². The predicted octanol–water partition coefficient (Wildman–Crippen LogP) is 1.38. The zero-order valence-electron chi connectivity index (χ0n) is 4.57. The molecule has 0 rings (SSSR count). The molecular weight excluding hydrogens is 74.1 g/mol. The molecule has 0 aliphatic rings. The molecule has 0 amide bonds. The number of hydrogen-bond acceptors (Lipinski definition) is 1. The van der Waals surface area contributed by atoms with Gasteiger partial charge in [0.15, 0.2) is 0 Å². The van der Waals surface area contributed by atoms with Gasteiger partial charge in [-0.15, -0.1) is 0 Å². The maximum absolute atomic E-state index is 5.47. The summed E-state index contributed by atoms with van der Waals surface area (Å²) in [6.45, 7) is 4.21. The summed E-state index contributed by atoms with van der Waals surface area (Å²) in [6, 6.07) is 0.435. The third-order valence-corrected chi connectivity index (χ3v) is 1.05. The lowest BCUT2D eigenvalue weighted by atomic mass is 10.2. The van der Waals surface area contributed by atoms with Crippen LogP contribution in [-0.2, 0) is 0 Å². The number of rotatable bonds is 2. The number of nitrogens with two attached hydrogens (primary N) is 1. The van der Waals surface area contributed by atoms with Crippen molar-refractivity contribution in [3.05, 3.63) is 0 Å². The van der Waals surface area contributed by atoms with E-state index in [4.69, 9.17) is 5.73 Å². The van der Waals surface area contributed by atoms with Gasteiger partial charge in [-0.05, 0) is 12.8 Å². The van der Waals surface area contributed by atoms with Crippen LogP contribution in [0.5, 0.6) is 0 Å². The minimum atomic E-state index is 0. The fourth-order valence-corrected chi connectivity index (χ4v) is 0.289. The monoisotopic (exact) mass is 89.1 g/mol. The lowest BCUT2D eigenvalue weighted by Gasteiger charge is -1.99. The molecule has 0 aromatic heterocycles. The largest absolute Gasteiger partial charge is 0.328 e. The van der Waals surface area contributed by atoms with Gasteiger partial charge >= 0.3 is 0 Å². The Morgan fingerprint density at radius 1 is 1.50 bits per heavy atom. The van der Waals surface area contributed by atoms with E-state index in [0.29, 0.717) is 6.04 Å². The van der Waals surface area contributed by atoms with Crippen LogP contribution < -0.4 is 5.73 Å². The molecule has 0 aliphatic heterocycles. The second-order valence-corrected chi connectivity index (χ2v) is 1.58. The first-order valence-corrected chi connectivity index (χ1v) is 2.56. The maximum Gasteiger partial charge on any atom is 0.00335 e. The quantitative estimate of drug-likeness (QED) is 0.543. The lowest BCUT2D eigenvalue weighted by molar-refractivity contribution is 0.629. The highest BCUT2D eigenvalue weighted by Gasteiger charge is 1.88.